The number of rotatable bonds is 0. The maximum absolute atomic E-state index is 4.15. The molecule has 0 fully saturated rings. The summed E-state index contributed by atoms with van der Waals surface area (Å²) < 4.78 is 0. The molecule has 11 heavy (non-hydrogen) atoms. The van der Waals surface area contributed by atoms with Gasteiger partial charge in [0, 0.05) is 32.7 Å². The first-order valence-electron chi connectivity index (χ1n) is 3.40. The van der Waals surface area contributed by atoms with Crippen molar-refractivity contribution in [3.05, 3.63) is 29.3 Å². The van der Waals surface area contributed by atoms with Gasteiger partial charge in [-0.2, -0.15) is 6.21 Å². The summed E-state index contributed by atoms with van der Waals surface area (Å²) in [5, 5.41) is 0. The van der Waals surface area contributed by atoms with Gasteiger partial charge < -0.3 is 4.99 Å². The average Bonchev–Trinajstić information content (AvgIpc) is 2.36. The molecule has 0 spiro atoms. The maximum Gasteiger partial charge on any atom is 0 e. The maximum atomic E-state index is 4.15. The van der Waals surface area contributed by atoms with Crippen LogP contribution in [0.4, 0.5) is 5.69 Å². The second-order valence-electron chi connectivity index (χ2n) is 2.53. The van der Waals surface area contributed by atoms with Gasteiger partial charge in [-0.15, -0.1) is 11.1 Å². The summed E-state index contributed by atoms with van der Waals surface area (Å²) in [6.45, 7) is 2.08. The monoisotopic (exact) mass is 219 g/mol. The first-order valence-corrected chi connectivity index (χ1v) is 3.40. The molecule has 1 aromatic carbocycles. The van der Waals surface area contributed by atoms with Crippen molar-refractivity contribution in [3.63, 3.8) is 0 Å². The van der Waals surface area contributed by atoms with Gasteiger partial charge in [-0.25, -0.2) is 0 Å². The molecule has 2 rings (SSSR count). The van der Waals surface area contributed by atoms with E-state index in [2.05, 4.69) is 36.3 Å². The van der Waals surface area contributed by atoms with Crippen molar-refractivity contribution in [1.82, 2.24) is 0 Å². The molecule has 0 atom stereocenters. The van der Waals surface area contributed by atoms with Crippen LogP contribution in [0.2, 0.25) is 0 Å². The third kappa shape index (κ3) is 1.60. The van der Waals surface area contributed by atoms with Crippen LogP contribution in [-0.4, -0.2) is 6.21 Å². The first kappa shape index (κ1) is 9.08. The van der Waals surface area contributed by atoms with Crippen LogP contribution in [0, 0.1) is 6.92 Å². The van der Waals surface area contributed by atoms with Crippen LogP contribution in [0.1, 0.15) is 11.1 Å². The Morgan fingerprint density at radius 1 is 1.45 bits per heavy atom. The number of para-hydroxylation sites is 1. The van der Waals surface area contributed by atoms with Crippen LogP contribution < -0.4 is 0 Å². The van der Waals surface area contributed by atoms with Crippen molar-refractivity contribution in [2.24, 2.45) is 4.99 Å². The summed E-state index contributed by atoms with van der Waals surface area (Å²) in [4.78, 5) is 4.15. The molecule has 0 aliphatic carbocycles. The Morgan fingerprint density at radius 2 is 2.27 bits per heavy atom. The first-order chi connectivity index (χ1) is 4.88. The number of fused-ring (bicyclic) bond motifs is 1. The van der Waals surface area contributed by atoms with Crippen molar-refractivity contribution in [2.45, 2.75) is 13.3 Å². The Bertz CT molecular complexity index is 292. The topological polar surface area (TPSA) is 12.4 Å². The predicted octanol–water partition coefficient (Wildman–Crippen LogP) is 2.13. The van der Waals surface area contributed by atoms with E-state index >= 15 is 0 Å². The van der Waals surface area contributed by atoms with E-state index in [9.17, 15) is 0 Å². The van der Waals surface area contributed by atoms with Gasteiger partial charge in [-0.3, -0.25) is 0 Å². The molecule has 0 saturated carbocycles. The normalized spacial score (nSPS) is 12.5. The van der Waals surface area contributed by atoms with Crippen molar-refractivity contribution in [3.8, 4) is 0 Å². The molecule has 1 aliphatic heterocycles. The van der Waals surface area contributed by atoms with Crippen LogP contribution in [0.15, 0.2) is 23.2 Å². The fourth-order valence-corrected chi connectivity index (χ4v) is 1.23. The molecule has 0 aromatic heterocycles. The smallest absolute Gasteiger partial charge is 0 e. The molecule has 1 aliphatic rings. The van der Waals surface area contributed by atoms with Crippen molar-refractivity contribution < 1.29 is 32.7 Å². The Labute approximate surface area is 91.8 Å². The minimum Gasteiger partial charge on any atom is -0.455 e. The molecule has 1 radical (unpaired) electrons. The van der Waals surface area contributed by atoms with Crippen molar-refractivity contribution in [2.75, 3.05) is 0 Å². The van der Waals surface area contributed by atoms with Gasteiger partial charge in [0.2, 0.25) is 0 Å². The number of nitrogens with zero attached hydrogens (tertiary/aromatic N) is 1. The molecule has 1 nitrogen and oxygen atoms in total. The SMILES string of the molecule is Cc1cccc2c1N=[C-]C2.[Y]. The van der Waals surface area contributed by atoms with Crippen LogP contribution in [-0.2, 0) is 39.1 Å². The van der Waals surface area contributed by atoms with E-state index in [1.165, 1.54) is 11.1 Å². The minimum absolute atomic E-state index is 0. The molecule has 53 valence electrons. The van der Waals surface area contributed by atoms with Crippen LogP contribution in [0.25, 0.3) is 0 Å². The van der Waals surface area contributed by atoms with Crippen molar-refractivity contribution >= 4 is 11.9 Å². The molecular weight excluding hydrogens is 211 g/mol. The second kappa shape index (κ2) is 3.60. The number of aliphatic imine (C=N–C) groups is 1. The van der Waals surface area contributed by atoms with E-state index in [0.29, 0.717) is 0 Å². The van der Waals surface area contributed by atoms with Crippen molar-refractivity contribution in [1.29, 1.82) is 0 Å². The summed E-state index contributed by atoms with van der Waals surface area (Å²) >= 11 is 0. The summed E-state index contributed by atoms with van der Waals surface area (Å²) in [7, 11) is 0. The molecule has 0 N–H and O–H groups in total. The standard InChI is InChI=1S/C9H8N.Y/c1-7-3-2-4-8-5-6-10-9(7)8;/h2-4H,5H2,1H3;/q-1;. The molecule has 0 amide bonds. The molecule has 1 heterocycles. The predicted molar refractivity (Wildman–Crippen MR) is 42.0 cm³/mol. The van der Waals surface area contributed by atoms with Gasteiger partial charge in [0.05, 0.1) is 0 Å². The van der Waals surface area contributed by atoms with Gasteiger partial charge in [0.1, 0.15) is 0 Å². The van der Waals surface area contributed by atoms with E-state index in [0.717, 1.165) is 12.1 Å². The zero-order chi connectivity index (χ0) is 6.97. The van der Waals surface area contributed by atoms with E-state index in [4.69, 9.17) is 0 Å². The Hall–Kier alpha value is -0.00610. The molecule has 0 bridgehead atoms. The largest absolute Gasteiger partial charge is 0.455 e. The number of hydrogen-bond donors (Lipinski definition) is 0. The van der Waals surface area contributed by atoms with Gasteiger partial charge in [-0.1, -0.05) is 37.2 Å². The van der Waals surface area contributed by atoms with Crippen LogP contribution in [0.5, 0.6) is 0 Å². The quantitative estimate of drug-likeness (QED) is 0.592. The number of benzene rings is 1. The fourth-order valence-electron chi connectivity index (χ4n) is 1.23. The van der Waals surface area contributed by atoms with E-state index in [1.807, 2.05) is 0 Å². The average molecular weight is 219 g/mol. The zero-order valence-electron chi connectivity index (χ0n) is 6.46. The number of hydrogen-bond acceptors (Lipinski definition) is 1. The fraction of sp³-hybridized carbons (Fsp3) is 0.222. The molecule has 0 unspecified atom stereocenters. The Kier molecular flexibility index (Phi) is 2.97. The summed E-state index contributed by atoms with van der Waals surface area (Å²) in [6.07, 6.45) is 3.84. The van der Waals surface area contributed by atoms with Gasteiger partial charge >= 0.3 is 0 Å². The number of aryl methyl sites for hydroxylation is 1. The Balaban J connectivity index is 0.000000605. The third-order valence-electron chi connectivity index (χ3n) is 1.78. The van der Waals surface area contributed by atoms with E-state index in [-0.39, 0.29) is 32.7 Å². The molecule has 2 heteroatoms. The molecule has 1 aromatic rings. The second-order valence-corrected chi connectivity index (χ2v) is 2.53. The van der Waals surface area contributed by atoms with Crippen LogP contribution >= 0.6 is 0 Å². The van der Waals surface area contributed by atoms with Gasteiger partial charge in [-0.05, 0) is 0 Å². The molecular formula is C9H8NY-. The van der Waals surface area contributed by atoms with Gasteiger partial charge in [0.15, 0.2) is 0 Å². The minimum atomic E-state index is 0. The van der Waals surface area contributed by atoms with Gasteiger partial charge in [0.25, 0.3) is 0 Å². The van der Waals surface area contributed by atoms with E-state index < -0.39 is 0 Å². The van der Waals surface area contributed by atoms with Crippen LogP contribution in [0.3, 0.4) is 0 Å². The third-order valence-corrected chi connectivity index (χ3v) is 1.78. The van der Waals surface area contributed by atoms with E-state index in [1.54, 1.807) is 0 Å². The summed E-state index contributed by atoms with van der Waals surface area (Å²) in [5.74, 6) is 0. The summed E-state index contributed by atoms with van der Waals surface area (Å²) in [6, 6.07) is 6.25. The zero-order valence-corrected chi connectivity index (χ0v) is 9.30. The molecule has 0 saturated heterocycles. The summed E-state index contributed by atoms with van der Waals surface area (Å²) in [5.41, 5.74) is 3.69. The Morgan fingerprint density at radius 3 is 3.00 bits per heavy atom.